The first kappa shape index (κ1) is 20.1. The van der Waals surface area contributed by atoms with Gasteiger partial charge in [0.15, 0.2) is 11.4 Å². The molecule has 0 spiro atoms. The zero-order chi connectivity index (χ0) is 21.1. The number of aromatic hydroxyl groups is 1. The van der Waals surface area contributed by atoms with Crippen molar-refractivity contribution in [2.75, 3.05) is 12.4 Å². The molecular weight excluding hydrogens is 370 g/mol. The number of methoxy groups -OCH3 is 1. The van der Waals surface area contributed by atoms with E-state index >= 15 is 0 Å². The summed E-state index contributed by atoms with van der Waals surface area (Å²) in [6.07, 6.45) is 0. The maximum atomic E-state index is 12.9. The molecule has 0 aliphatic rings. The van der Waals surface area contributed by atoms with Crippen molar-refractivity contribution in [2.45, 2.75) is 26.7 Å². The Morgan fingerprint density at radius 3 is 2.59 bits per heavy atom. The van der Waals surface area contributed by atoms with Crippen LogP contribution in [0, 0.1) is 6.92 Å². The van der Waals surface area contributed by atoms with Gasteiger partial charge < -0.3 is 15.2 Å². The molecule has 0 saturated heterocycles. The molecule has 29 heavy (non-hydrogen) atoms. The van der Waals surface area contributed by atoms with Crippen molar-refractivity contribution in [1.82, 2.24) is 9.78 Å². The molecule has 1 amide bonds. The van der Waals surface area contributed by atoms with Crippen molar-refractivity contribution in [3.8, 4) is 17.2 Å². The van der Waals surface area contributed by atoms with E-state index in [-0.39, 0.29) is 11.6 Å². The first-order valence-electron chi connectivity index (χ1n) is 9.21. The normalized spacial score (nSPS) is 10.8. The number of carbonyl (C=O) groups is 1. The third kappa shape index (κ3) is 3.99. The lowest BCUT2D eigenvalue weighted by atomic mass is 9.98. The van der Waals surface area contributed by atoms with Gasteiger partial charge in [0.2, 0.25) is 0 Å². The predicted octanol–water partition coefficient (Wildman–Crippen LogP) is 3.63. The fourth-order valence-electron chi connectivity index (χ4n) is 3.10. The predicted molar refractivity (Wildman–Crippen MR) is 111 cm³/mol. The van der Waals surface area contributed by atoms with Crippen LogP contribution in [0.4, 0.5) is 5.69 Å². The summed E-state index contributed by atoms with van der Waals surface area (Å²) < 4.78 is 6.31. The number of rotatable bonds is 5. The fourth-order valence-corrected chi connectivity index (χ4v) is 3.10. The third-order valence-corrected chi connectivity index (χ3v) is 4.61. The maximum Gasteiger partial charge on any atom is 0.280 e. The number of aromatic nitrogens is 2. The number of anilines is 1. The minimum atomic E-state index is -0.609. The lowest BCUT2D eigenvalue weighted by molar-refractivity contribution is 0.101. The molecule has 7 nitrogen and oxygen atoms in total. The van der Waals surface area contributed by atoms with Gasteiger partial charge >= 0.3 is 0 Å². The number of hydrogen-bond donors (Lipinski definition) is 2. The number of amides is 1. The number of nitrogens with zero attached hydrogens (tertiary/aromatic N) is 2. The Kier molecular flexibility index (Phi) is 5.68. The van der Waals surface area contributed by atoms with Crippen LogP contribution in [0.25, 0.3) is 5.69 Å². The third-order valence-electron chi connectivity index (χ3n) is 4.61. The first-order valence-corrected chi connectivity index (χ1v) is 9.21. The molecule has 1 aromatic heterocycles. The van der Waals surface area contributed by atoms with Gasteiger partial charge in [0.25, 0.3) is 11.5 Å². The second-order valence-electron chi connectivity index (χ2n) is 6.95. The summed E-state index contributed by atoms with van der Waals surface area (Å²) in [6, 6.07) is 13.5. The van der Waals surface area contributed by atoms with Gasteiger partial charge in [0.1, 0.15) is 11.4 Å². The van der Waals surface area contributed by atoms with Crippen molar-refractivity contribution in [3.63, 3.8) is 0 Å². The van der Waals surface area contributed by atoms with Gasteiger partial charge in [-0.15, -0.1) is 0 Å². The van der Waals surface area contributed by atoms with Gasteiger partial charge in [-0.2, -0.15) is 9.78 Å². The molecule has 150 valence electrons. The van der Waals surface area contributed by atoms with E-state index in [1.54, 1.807) is 24.3 Å². The van der Waals surface area contributed by atoms with Crippen molar-refractivity contribution in [2.24, 2.45) is 0 Å². The molecule has 1 heterocycles. The molecule has 2 aromatic carbocycles. The number of carbonyl (C=O) groups excluding carboxylic acids is 1. The van der Waals surface area contributed by atoms with E-state index in [1.807, 2.05) is 39.0 Å². The fraction of sp³-hybridized carbons (Fsp3) is 0.227. The van der Waals surface area contributed by atoms with Crippen LogP contribution in [0.3, 0.4) is 0 Å². The van der Waals surface area contributed by atoms with E-state index in [0.29, 0.717) is 17.1 Å². The van der Waals surface area contributed by atoms with Crippen LogP contribution in [0.2, 0.25) is 0 Å². The molecule has 3 aromatic rings. The van der Waals surface area contributed by atoms with Crippen LogP contribution in [-0.2, 0) is 0 Å². The van der Waals surface area contributed by atoms with Crippen LogP contribution < -0.4 is 15.6 Å². The van der Waals surface area contributed by atoms with E-state index in [0.717, 1.165) is 21.9 Å². The summed E-state index contributed by atoms with van der Waals surface area (Å²) in [7, 11) is 1.48. The van der Waals surface area contributed by atoms with E-state index in [1.165, 1.54) is 7.11 Å². The topological polar surface area (TPSA) is 93.5 Å². The van der Waals surface area contributed by atoms with Gasteiger partial charge in [-0.1, -0.05) is 44.2 Å². The van der Waals surface area contributed by atoms with E-state index in [2.05, 4.69) is 10.4 Å². The van der Waals surface area contributed by atoms with Crippen LogP contribution in [0.5, 0.6) is 11.5 Å². The molecule has 0 bridgehead atoms. The largest absolute Gasteiger partial charge is 0.505 e. The van der Waals surface area contributed by atoms with E-state index in [4.69, 9.17) is 4.74 Å². The summed E-state index contributed by atoms with van der Waals surface area (Å²) in [5, 5.41) is 17.2. The first-order chi connectivity index (χ1) is 13.8. The molecule has 0 atom stereocenters. The lowest BCUT2D eigenvalue weighted by Crippen LogP contribution is -2.26. The summed E-state index contributed by atoms with van der Waals surface area (Å²) in [5.41, 5.74) is 2.06. The minimum absolute atomic E-state index is 0.189. The van der Waals surface area contributed by atoms with Crippen LogP contribution in [-0.4, -0.2) is 27.9 Å². The zero-order valence-corrected chi connectivity index (χ0v) is 16.8. The number of benzene rings is 2. The van der Waals surface area contributed by atoms with Crippen LogP contribution >= 0.6 is 0 Å². The average molecular weight is 393 g/mol. The molecule has 2 N–H and O–H groups in total. The number of nitrogens with one attached hydrogen (secondary N) is 1. The maximum absolute atomic E-state index is 12.9. The lowest BCUT2D eigenvalue weighted by Gasteiger charge is -2.17. The highest BCUT2D eigenvalue weighted by molar-refractivity contribution is 6.05. The van der Waals surface area contributed by atoms with Crippen molar-refractivity contribution in [1.29, 1.82) is 0 Å². The Hall–Kier alpha value is -3.61. The molecule has 0 saturated carbocycles. The Balaban J connectivity index is 2.07. The Morgan fingerprint density at radius 1 is 1.17 bits per heavy atom. The molecule has 0 unspecified atom stereocenters. The number of aryl methyl sites for hydroxylation is 1. The standard InChI is InChI=1S/C22H23N3O4/c1-13(2)15-9-7-8-14(3)20(15)23-22(28)21-17(26)12-19(27)25(24-21)16-10-5-6-11-18(16)29-4/h5-13,26H,1-4H3,(H,23,28). The highest BCUT2D eigenvalue weighted by Crippen LogP contribution is 2.28. The molecule has 7 heteroatoms. The average Bonchev–Trinajstić information content (AvgIpc) is 2.69. The quantitative estimate of drug-likeness (QED) is 0.690. The van der Waals surface area contributed by atoms with Crippen molar-refractivity contribution >= 4 is 11.6 Å². The van der Waals surface area contributed by atoms with Gasteiger partial charge in [-0.25, -0.2) is 0 Å². The SMILES string of the molecule is COc1ccccc1-n1nc(C(=O)Nc2c(C)cccc2C(C)C)c(O)cc1=O. The van der Waals surface area contributed by atoms with Gasteiger partial charge in [-0.3, -0.25) is 9.59 Å². The molecule has 0 radical (unpaired) electrons. The van der Waals surface area contributed by atoms with E-state index in [9.17, 15) is 14.7 Å². The van der Waals surface area contributed by atoms with Crippen LogP contribution in [0.1, 0.15) is 41.4 Å². The van der Waals surface area contributed by atoms with Crippen LogP contribution in [0.15, 0.2) is 53.3 Å². The zero-order valence-electron chi connectivity index (χ0n) is 16.8. The Morgan fingerprint density at radius 2 is 1.90 bits per heavy atom. The Bertz CT molecular complexity index is 1120. The minimum Gasteiger partial charge on any atom is -0.505 e. The van der Waals surface area contributed by atoms with Gasteiger partial charge in [-0.05, 0) is 36.1 Å². The van der Waals surface area contributed by atoms with E-state index < -0.39 is 17.2 Å². The highest BCUT2D eigenvalue weighted by atomic mass is 16.5. The number of ether oxygens (including phenoxy) is 1. The second kappa shape index (κ2) is 8.18. The molecule has 0 fully saturated rings. The molecule has 0 aliphatic heterocycles. The molecular formula is C22H23N3O4. The number of para-hydroxylation sites is 3. The molecule has 0 aliphatic carbocycles. The summed E-state index contributed by atoms with van der Waals surface area (Å²) in [4.78, 5) is 25.3. The summed E-state index contributed by atoms with van der Waals surface area (Å²) in [5.74, 6) is -0.491. The van der Waals surface area contributed by atoms with Crippen molar-refractivity contribution in [3.05, 3.63) is 75.7 Å². The monoisotopic (exact) mass is 393 g/mol. The number of hydrogen-bond acceptors (Lipinski definition) is 5. The highest BCUT2D eigenvalue weighted by Gasteiger charge is 2.20. The second-order valence-corrected chi connectivity index (χ2v) is 6.95. The molecule has 3 rings (SSSR count). The summed E-state index contributed by atoms with van der Waals surface area (Å²) >= 11 is 0. The smallest absolute Gasteiger partial charge is 0.280 e. The Labute approximate surface area is 168 Å². The summed E-state index contributed by atoms with van der Waals surface area (Å²) in [6.45, 7) is 5.95. The van der Waals surface area contributed by atoms with Gasteiger partial charge in [0, 0.05) is 11.8 Å². The van der Waals surface area contributed by atoms with Crippen molar-refractivity contribution < 1.29 is 14.6 Å². The van der Waals surface area contributed by atoms with Gasteiger partial charge in [0.05, 0.1) is 7.11 Å².